The van der Waals surface area contributed by atoms with Crippen molar-refractivity contribution in [3.8, 4) is 23.0 Å². The third kappa shape index (κ3) is 4.09. The number of halogens is 1. The average molecular weight is 403 g/mol. The van der Waals surface area contributed by atoms with E-state index < -0.39 is 12.1 Å². The van der Waals surface area contributed by atoms with Crippen molar-refractivity contribution >= 4 is 17.6 Å². The molecule has 1 aromatic heterocycles. The number of ether oxygens (including phenoxy) is 3. The van der Waals surface area contributed by atoms with Crippen molar-refractivity contribution in [3.63, 3.8) is 0 Å². The third-order valence-corrected chi connectivity index (χ3v) is 4.32. The third-order valence-electron chi connectivity index (χ3n) is 4.04. The fourth-order valence-electron chi connectivity index (χ4n) is 2.53. The molecule has 0 saturated carbocycles. The zero-order valence-electron chi connectivity index (χ0n) is 15.9. The van der Waals surface area contributed by atoms with Gasteiger partial charge in [-0.2, -0.15) is 0 Å². The fourth-order valence-corrected chi connectivity index (χ4v) is 2.81. The van der Waals surface area contributed by atoms with Crippen molar-refractivity contribution in [1.82, 2.24) is 10.2 Å². The molecule has 3 rings (SSSR count). The number of carbonyl (C=O) groups is 1. The van der Waals surface area contributed by atoms with Gasteiger partial charge in [-0.15, -0.1) is 10.2 Å². The van der Waals surface area contributed by atoms with E-state index in [9.17, 15) is 4.79 Å². The van der Waals surface area contributed by atoms with Crippen LogP contribution < -0.4 is 9.47 Å². The van der Waals surface area contributed by atoms with Gasteiger partial charge in [0.2, 0.25) is 5.89 Å². The summed E-state index contributed by atoms with van der Waals surface area (Å²) in [6.07, 6.45) is -0.744. The number of hydrogen-bond acceptors (Lipinski definition) is 7. The molecule has 0 N–H and O–H groups in total. The Labute approximate surface area is 167 Å². The highest BCUT2D eigenvalue weighted by Gasteiger charge is 2.22. The van der Waals surface area contributed by atoms with E-state index in [4.69, 9.17) is 30.2 Å². The Morgan fingerprint density at radius 2 is 1.82 bits per heavy atom. The highest BCUT2D eigenvalue weighted by atomic mass is 35.5. The highest BCUT2D eigenvalue weighted by Crippen LogP contribution is 2.36. The van der Waals surface area contributed by atoms with Crippen LogP contribution in [0.5, 0.6) is 11.5 Å². The first-order valence-corrected chi connectivity index (χ1v) is 8.83. The number of hydrogen-bond donors (Lipinski definition) is 0. The minimum atomic E-state index is -0.744. The molecule has 8 heteroatoms. The molecule has 28 heavy (non-hydrogen) atoms. The van der Waals surface area contributed by atoms with Crippen molar-refractivity contribution in [3.05, 3.63) is 58.4 Å². The Morgan fingerprint density at radius 1 is 1.11 bits per heavy atom. The minimum Gasteiger partial charge on any atom is -0.493 e. The number of rotatable bonds is 6. The molecule has 0 bridgehead atoms. The molecule has 0 fully saturated rings. The SMILES string of the molecule is COc1cc(C(=O)OC(C)c2nnc(-c3ccc(C)cc3)o2)cc(Cl)c1OC. The molecular weight excluding hydrogens is 384 g/mol. The number of benzene rings is 2. The van der Waals surface area contributed by atoms with Crippen LogP contribution in [0.2, 0.25) is 5.02 Å². The van der Waals surface area contributed by atoms with E-state index in [1.807, 2.05) is 31.2 Å². The molecule has 2 aromatic carbocycles. The van der Waals surface area contributed by atoms with Gasteiger partial charge in [-0.25, -0.2) is 4.79 Å². The predicted molar refractivity (Wildman–Crippen MR) is 103 cm³/mol. The molecule has 0 aliphatic rings. The Hall–Kier alpha value is -3.06. The first kappa shape index (κ1) is 19.7. The van der Waals surface area contributed by atoms with E-state index in [-0.39, 0.29) is 16.5 Å². The van der Waals surface area contributed by atoms with Gasteiger partial charge < -0.3 is 18.6 Å². The van der Waals surface area contributed by atoms with Gasteiger partial charge in [-0.05, 0) is 38.1 Å². The number of carbonyl (C=O) groups excluding carboxylic acids is 1. The number of aromatic nitrogens is 2. The first-order chi connectivity index (χ1) is 13.4. The summed E-state index contributed by atoms with van der Waals surface area (Å²) in [6.45, 7) is 3.64. The van der Waals surface area contributed by atoms with Crippen molar-refractivity contribution in [2.75, 3.05) is 14.2 Å². The monoisotopic (exact) mass is 402 g/mol. The van der Waals surface area contributed by atoms with Crippen molar-refractivity contribution in [1.29, 1.82) is 0 Å². The van der Waals surface area contributed by atoms with Crippen LogP contribution >= 0.6 is 11.6 Å². The fraction of sp³-hybridized carbons (Fsp3) is 0.250. The lowest BCUT2D eigenvalue weighted by atomic mass is 10.1. The van der Waals surface area contributed by atoms with E-state index in [0.717, 1.165) is 11.1 Å². The van der Waals surface area contributed by atoms with Gasteiger partial charge in [0.25, 0.3) is 5.89 Å². The summed E-state index contributed by atoms with van der Waals surface area (Å²) in [6, 6.07) is 10.6. The number of esters is 1. The number of nitrogens with zero attached hydrogens (tertiary/aromatic N) is 2. The van der Waals surface area contributed by atoms with Crippen LogP contribution in [0.15, 0.2) is 40.8 Å². The van der Waals surface area contributed by atoms with E-state index >= 15 is 0 Å². The zero-order chi connectivity index (χ0) is 20.3. The lowest BCUT2D eigenvalue weighted by Gasteiger charge is -2.13. The van der Waals surface area contributed by atoms with Crippen LogP contribution in [-0.2, 0) is 4.74 Å². The second-order valence-electron chi connectivity index (χ2n) is 6.05. The standard InChI is InChI=1S/C20H19ClN2O5/c1-11-5-7-13(8-6-11)19-23-22-18(28-19)12(2)27-20(24)14-9-15(21)17(26-4)16(10-14)25-3/h5-10,12H,1-4H3. The van der Waals surface area contributed by atoms with Crippen LogP contribution in [-0.4, -0.2) is 30.4 Å². The molecule has 3 aromatic rings. The number of aryl methyl sites for hydroxylation is 1. The summed E-state index contributed by atoms with van der Waals surface area (Å²) in [5.41, 5.74) is 2.13. The van der Waals surface area contributed by atoms with Crippen molar-refractivity contribution in [2.24, 2.45) is 0 Å². The van der Waals surface area contributed by atoms with Gasteiger partial charge in [0.1, 0.15) is 0 Å². The molecule has 1 unspecified atom stereocenters. The topological polar surface area (TPSA) is 83.7 Å². The lowest BCUT2D eigenvalue weighted by molar-refractivity contribution is 0.0279. The predicted octanol–water partition coefficient (Wildman–Crippen LogP) is 4.63. The quantitative estimate of drug-likeness (QED) is 0.555. The van der Waals surface area contributed by atoms with Crippen LogP contribution in [0.25, 0.3) is 11.5 Å². The van der Waals surface area contributed by atoms with E-state index in [1.54, 1.807) is 6.92 Å². The Bertz CT molecular complexity index is 985. The smallest absolute Gasteiger partial charge is 0.339 e. The van der Waals surface area contributed by atoms with Crippen molar-refractivity contribution < 1.29 is 23.4 Å². The summed E-state index contributed by atoms with van der Waals surface area (Å²) >= 11 is 6.14. The summed E-state index contributed by atoms with van der Waals surface area (Å²) in [5.74, 6) is 0.607. The van der Waals surface area contributed by atoms with Crippen LogP contribution in [0, 0.1) is 6.92 Å². The van der Waals surface area contributed by atoms with Gasteiger partial charge in [-0.3, -0.25) is 0 Å². The van der Waals surface area contributed by atoms with Crippen LogP contribution in [0.3, 0.4) is 0 Å². The minimum absolute atomic E-state index is 0.190. The normalized spacial score (nSPS) is 11.8. The average Bonchev–Trinajstić information content (AvgIpc) is 3.18. The molecule has 0 amide bonds. The molecule has 146 valence electrons. The number of methoxy groups -OCH3 is 2. The Balaban J connectivity index is 1.76. The maximum Gasteiger partial charge on any atom is 0.339 e. The molecular formula is C20H19ClN2O5. The maximum absolute atomic E-state index is 12.5. The molecule has 0 radical (unpaired) electrons. The molecule has 7 nitrogen and oxygen atoms in total. The Kier molecular flexibility index (Phi) is 5.84. The van der Waals surface area contributed by atoms with Gasteiger partial charge in [0, 0.05) is 5.56 Å². The van der Waals surface area contributed by atoms with Crippen molar-refractivity contribution in [2.45, 2.75) is 20.0 Å². The summed E-state index contributed by atoms with van der Waals surface area (Å²) < 4.78 is 21.4. The van der Waals surface area contributed by atoms with E-state index in [2.05, 4.69) is 10.2 Å². The molecule has 0 aliphatic heterocycles. The summed E-state index contributed by atoms with van der Waals surface area (Å²) in [4.78, 5) is 12.5. The summed E-state index contributed by atoms with van der Waals surface area (Å²) in [5, 5.41) is 8.23. The first-order valence-electron chi connectivity index (χ1n) is 8.46. The van der Waals surface area contributed by atoms with Crippen LogP contribution in [0.1, 0.15) is 34.8 Å². The lowest BCUT2D eigenvalue weighted by Crippen LogP contribution is -2.10. The molecule has 0 aliphatic carbocycles. The van der Waals surface area contributed by atoms with E-state index in [0.29, 0.717) is 17.4 Å². The zero-order valence-corrected chi connectivity index (χ0v) is 16.6. The molecule has 0 saturated heterocycles. The Morgan fingerprint density at radius 3 is 2.46 bits per heavy atom. The van der Waals surface area contributed by atoms with E-state index in [1.165, 1.54) is 26.4 Å². The molecule has 1 heterocycles. The second kappa shape index (κ2) is 8.31. The van der Waals surface area contributed by atoms with Gasteiger partial charge in [0.15, 0.2) is 17.6 Å². The summed E-state index contributed by atoms with van der Waals surface area (Å²) in [7, 11) is 2.92. The van der Waals surface area contributed by atoms with Gasteiger partial charge in [-0.1, -0.05) is 29.3 Å². The second-order valence-corrected chi connectivity index (χ2v) is 6.46. The maximum atomic E-state index is 12.5. The van der Waals surface area contributed by atoms with Gasteiger partial charge in [0.05, 0.1) is 24.8 Å². The van der Waals surface area contributed by atoms with Gasteiger partial charge >= 0.3 is 5.97 Å². The highest BCUT2D eigenvalue weighted by molar-refractivity contribution is 6.32. The largest absolute Gasteiger partial charge is 0.493 e. The molecule has 1 atom stereocenters. The van der Waals surface area contributed by atoms with Crippen LogP contribution in [0.4, 0.5) is 0 Å². The molecule has 0 spiro atoms.